The van der Waals surface area contributed by atoms with Crippen molar-refractivity contribution >= 4 is 27.3 Å². The van der Waals surface area contributed by atoms with E-state index in [9.17, 15) is 26.4 Å². The molecule has 164 valence electrons. The second-order valence-electron chi connectivity index (χ2n) is 6.43. The van der Waals surface area contributed by atoms with Crippen LogP contribution in [0.15, 0.2) is 53.7 Å². The average molecular weight is 470 g/mol. The third-order valence-electron chi connectivity index (χ3n) is 4.11. The highest BCUT2D eigenvalue weighted by molar-refractivity contribution is 7.89. The van der Waals surface area contributed by atoms with E-state index in [0.717, 1.165) is 22.0 Å². The van der Waals surface area contributed by atoms with Crippen LogP contribution < -0.4 is 10.0 Å². The minimum atomic E-state index is -4.55. The van der Waals surface area contributed by atoms with Gasteiger partial charge in [-0.25, -0.2) is 18.1 Å². The van der Waals surface area contributed by atoms with E-state index in [-0.39, 0.29) is 23.0 Å². The lowest BCUT2D eigenvalue weighted by atomic mass is 10.2. The molecule has 0 aliphatic heterocycles. The molecule has 0 aliphatic carbocycles. The number of amides is 1. The Morgan fingerprint density at radius 1 is 1.03 bits per heavy atom. The van der Waals surface area contributed by atoms with Crippen LogP contribution in [0.4, 0.5) is 13.2 Å². The van der Waals surface area contributed by atoms with Crippen LogP contribution in [0.1, 0.15) is 31.5 Å². The van der Waals surface area contributed by atoms with Crippen molar-refractivity contribution < 1.29 is 26.4 Å². The first-order valence-corrected chi connectivity index (χ1v) is 11.2. The van der Waals surface area contributed by atoms with Crippen molar-refractivity contribution in [1.29, 1.82) is 0 Å². The fourth-order valence-electron chi connectivity index (χ4n) is 2.49. The highest BCUT2D eigenvalue weighted by atomic mass is 32.2. The average Bonchev–Trinajstić information content (AvgIpc) is 3.15. The minimum absolute atomic E-state index is 0.140. The van der Waals surface area contributed by atoms with Gasteiger partial charge < -0.3 is 5.32 Å². The van der Waals surface area contributed by atoms with E-state index in [4.69, 9.17) is 0 Å². The van der Waals surface area contributed by atoms with Gasteiger partial charge in [0.25, 0.3) is 5.91 Å². The molecule has 0 aliphatic rings. The maximum Gasteiger partial charge on any atom is 0.416 e. The summed E-state index contributed by atoms with van der Waals surface area (Å²) < 4.78 is 64.7. The standard InChI is InChI=1S/C19H17F3N4O3S2/c1-12-23-10-15(30-12)11-25-18(27)17-7-2-13(8-24-17)9-26-31(28,29)16-5-3-14(4-6-16)19(20,21)22/h2-8,10,26H,9,11H2,1H3,(H,25,27). The van der Waals surface area contributed by atoms with E-state index in [1.165, 1.54) is 29.7 Å². The van der Waals surface area contributed by atoms with Gasteiger partial charge >= 0.3 is 6.18 Å². The number of alkyl halides is 3. The fourth-order valence-corrected chi connectivity index (χ4v) is 4.25. The van der Waals surface area contributed by atoms with Crippen LogP contribution in [0.3, 0.4) is 0 Å². The van der Waals surface area contributed by atoms with Crippen LogP contribution in [-0.2, 0) is 29.3 Å². The van der Waals surface area contributed by atoms with E-state index in [0.29, 0.717) is 24.2 Å². The summed E-state index contributed by atoms with van der Waals surface area (Å²) in [4.78, 5) is 20.9. The molecule has 2 N–H and O–H groups in total. The molecule has 0 saturated heterocycles. The topological polar surface area (TPSA) is 101 Å². The molecule has 31 heavy (non-hydrogen) atoms. The van der Waals surface area contributed by atoms with Crippen molar-refractivity contribution in [3.63, 3.8) is 0 Å². The molecule has 3 aromatic rings. The predicted molar refractivity (Wildman–Crippen MR) is 108 cm³/mol. The first-order chi connectivity index (χ1) is 14.5. The van der Waals surface area contributed by atoms with Crippen molar-refractivity contribution in [2.45, 2.75) is 31.1 Å². The monoisotopic (exact) mass is 470 g/mol. The number of rotatable bonds is 7. The molecule has 1 aromatic carbocycles. The van der Waals surface area contributed by atoms with Gasteiger partial charge in [0.1, 0.15) is 5.69 Å². The Morgan fingerprint density at radius 2 is 1.74 bits per heavy atom. The number of hydrogen-bond acceptors (Lipinski definition) is 6. The summed E-state index contributed by atoms with van der Waals surface area (Å²) in [5, 5.41) is 3.61. The van der Waals surface area contributed by atoms with Crippen molar-refractivity contribution in [3.8, 4) is 0 Å². The van der Waals surface area contributed by atoms with Crippen molar-refractivity contribution in [2.24, 2.45) is 0 Å². The molecule has 7 nitrogen and oxygen atoms in total. The highest BCUT2D eigenvalue weighted by Gasteiger charge is 2.30. The zero-order valence-corrected chi connectivity index (χ0v) is 17.7. The molecule has 0 radical (unpaired) electrons. The van der Waals surface area contributed by atoms with E-state index in [2.05, 4.69) is 20.0 Å². The number of hydrogen-bond donors (Lipinski definition) is 2. The van der Waals surface area contributed by atoms with Gasteiger partial charge in [0.15, 0.2) is 0 Å². The van der Waals surface area contributed by atoms with Crippen LogP contribution in [0.25, 0.3) is 0 Å². The van der Waals surface area contributed by atoms with Crippen LogP contribution in [-0.4, -0.2) is 24.3 Å². The van der Waals surface area contributed by atoms with Gasteiger partial charge in [-0.05, 0) is 42.8 Å². The van der Waals surface area contributed by atoms with Gasteiger partial charge in [0.2, 0.25) is 10.0 Å². The molecule has 0 spiro atoms. The van der Waals surface area contributed by atoms with Crippen molar-refractivity contribution in [2.75, 3.05) is 0 Å². The molecule has 0 fully saturated rings. The molecule has 3 rings (SSSR count). The largest absolute Gasteiger partial charge is 0.416 e. The Bertz CT molecular complexity index is 1160. The number of sulfonamides is 1. The molecule has 0 atom stereocenters. The Balaban J connectivity index is 1.57. The summed E-state index contributed by atoms with van der Waals surface area (Å²) in [5.41, 5.74) is -0.296. The molecular formula is C19H17F3N4O3S2. The quantitative estimate of drug-likeness (QED) is 0.552. The number of aryl methyl sites for hydroxylation is 1. The lowest BCUT2D eigenvalue weighted by Gasteiger charge is -2.10. The van der Waals surface area contributed by atoms with Crippen molar-refractivity contribution in [3.05, 3.63) is 75.5 Å². The number of halogens is 3. The summed E-state index contributed by atoms with van der Waals surface area (Å²) in [6, 6.07) is 6.18. The van der Waals surface area contributed by atoms with Crippen LogP contribution in [0.2, 0.25) is 0 Å². The number of carbonyl (C=O) groups excluding carboxylic acids is 1. The second-order valence-corrected chi connectivity index (χ2v) is 9.51. The molecule has 0 bridgehead atoms. The summed E-state index contributed by atoms with van der Waals surface area (Å²) >= 11 is 1.47. The number of pyridine rings is 1. The lowest BCUT2D eigenvalue weighted by molar-refractivity contribution is -0.137. The van der Waals surface area contributed by atoms with E-state index in [1.807, 2.05) is 6.92 Å². The summed E-state index contributed by atoms with van der Waals surface area (Å²) in [5.74, 6) is -0.386. The Morgan fingerprint density at radius 3 is 2.29 bits per heavy atom. The van der Waals surface area contributed by atoms with Crippen LogP contribution in [0.5, 0.6) is 0 Å². The highest BCUT2D eigenvalue weighted by Crippen LogP contribution is 2.29. The Kier molecular flexibility index (Phi) is 6.72. The lowest BCUT2D eigenvalue weighted by Crippen LogP contribution is -2.25. The fraction of sp³-hybridized carbons (Fsp3) is 0.211. The maximum absolute atomic E-state index is 12.6. The van der Waals surface area contributed by atoms with E-state index >= 15 is 0 Å². The van der Waals surface area contributed by atoms with Crippen LogP contribution in [0, 0.1) is 6.92 Å². The van der Waals surface area contributed by atoms with Gasteiger partial charge in [-0.2, -0.15) is 13.2 Å². The van der Waals surface area contributed by atoms with Gasteiger partial charge in [0.05, 0.1) is 22.0 Å². The molecule has 0 unspecified atom stereocenters. The van der Waals surface area contributed by atoms with Crippen molar-refractivity contribution in [1.82, 2.24) is 20.0 Å². The van der Waals surface area contributed by atoms with Gasteiger partial charge in [0, 0.05) is 23.8 Å². The predicted octanol–water partition coefficient (Wildman–Crippen LogP) is 3.27. The smallest absolute Gasteiger partial charge is 0.346 e. The SMILES string of the molecule is Cc1ncc(CNC(=O)c2ccc(CNS(=O)(=O)c3ccc(C(F)(F)F)cc3)cn2)s1. The molecule has 12 heteroatoms. The number of benzene rings is 1. The zero-order chi connectivity index (χ0) is 22.6. The molecule has 1 amide bonds. The van der Waals surface area contributed by atoms with E-state index in [1.54, 1.807) is 6.20 Å². The maximum atomic E-state index is 12.6. The zero-order valence-electron chi connectivity index (χ0n) is 16.1. The number of nitrogens with one attached hydrogen (secondary N) is 2. The first-order valence-electron chi connectivity index (χ1n) is 8.86. The summed E-state index contributed by atoms with van der Waals surface area (Å²) in [6.45, 7) is 2.04. The third-order valence-corrected chi connectivity index (χ3v) is 6.44. The number of nitrogens with zero attached hydrogens (tertiary/aromatic N) is 2. The minimum Gasteiger partial charge on any atom is -0.346 e. The third kappa shape index (κ3) is 6.09. The summed E-state index contributed by atoms with van der Waals surface area (Å²) in [6.07, 6.45) is -1.52. The van der Waals surface area contributed by atoms with Gasteiger partial charge in [-0.15, -0.1) is 11.3 Å². The second kappa shape index (κ2) is 9.12. The first kappa shape index (κ1) is 22.8. The Labute approximate surface area is 180 Å². The number of aromatic nitrogens is 2. The van der Waals surface area contributed by atoms with Gasteiger partial charge in [-0.3, -0.25) is 9.78 Å². The number of thiazole rings is 1. The Hall–Kier alpha value is -2.83. The molecule has 2 heterocycles. The van der Waals surface area contributed by atoms with Gasteiger partial charge in [-0.1, -0.05) is 6.07 Å². The normalized spacial score (nSPS) is 12.0. The number of carbonyl (C=O) groups is 1. The molecule has 0 saturated carbocycles. The summed E-state index contributed by atoms with van der Waals surface area (Å²) in [7, 11) is -4.01. The van der Waals surface area contributed by atoms with Crippen LogP contribution >= 0.6 is 11.3 Å². The molecular weight excluding hydrogens is 453 g/mol. The van der Waals surface area contributed by atoms with E-state index < -0.39 is 21.8 Å². The molecule has 2 aromatic heterocycles.